The minimum absolute atomic E-state index is 0.314. The van der Waals surface area contributed by atoms with Gasteiger partial charge in [0.1, 0.15) is 12.4 Å². The highest BCUT2D eigenvalue weighted by molar-refractivity contribution is 7.07. The van der Waals surface area contributed by atoms with Crippen LogP contribution < -0.4 is 0 Å². The van der Waals surface area contributed by atoms with Gasteiger partial charge in [-0.3, -0.25) is 4.90 Å². The summed E-state index contributed by atoms with van der Waals surface area (Å²) >= 11 is 1.69. The zero-order valence-electron chi connectivity index (χ0n) is 11.0. The summed E-state index contributed by atoms with van der Waals surface area (Å²) in [5, 5.41) is 14.1. The second-order valence-electron chi connectivity index (χ2n) is 4.58. The Kier molecular flexibility index (Phi) is 5.60. The zero-order chi connectivity index (χ0) is 13.5. The van der Waals surface area contributed by atoms with Crippen LogP contribution in [0.15, 0.2) is 39.6 Å². The van der Waals surface area contributed by atoms with Crippen molar-refractivity contribution >= 4 is 11.3 Å². The highest BCUT2D eigenvalue weighted by Crippen LogP contribution is 2.09. The van der Waals surface area contributed by atoms with Crippen molar-refractivity contribution in [1.82, 2.24) is 4.90 Å². The molecule has 0 amide bonds. The van der Waals surface area contributed by atoms with Gasteiger partial charge in [-0.25, -0.2) is 0 Å². The van der Waals surface area contributed by atoms with Crippen molar-refractivity contribution in [2.45, 2.75) is 19.3 Å². The van der Waals surface area contributed by atoms with Gasteiger partial charge in [0.15, 0.2) is 0 Å². The molecule has 2 rings (SSSR count). The van der Waals surface area contributed by atoms with Crippen molar-refractivity contribution in [3.63, 3.8) is 0 Å². The van der Waals surface area contributed by atoms with Gasteiger partial charge in [0.25, 0.3) is 0 Å². The Hall–Kier alpha value is -1.14. The van der Waals surface area contributed by atoms with Gasteiger partial charge in [-0.1, -0.05) is 0 Å². The summed E-state index contributed by atoms with van der Waals surface area (Å²) < 4.78 is 10.6. The van der Waals surface area contributed by atoms with E-state index in [1.807, 2.05) is 19.2 Å². The van der Waals surface area contributed by atoms with Gasteiger partial charge in [-0.15, -0.1) is 0 Å². The molecular formula is C14H19NO3S. The smallest absolute Gasteiger partial charge is 0.129 e. The number of rotatable bonds is 8. The average Bonchev–Trinajstić information content (AvgIpc) is 3.01. The van der Waals surface area contributed by atoms with Gasteiger partial charge < -0.3 is 14.3 Å². The van der Waals surface area contributed by atoms with E-state index in [-0.39, 0.29) is 0 Å². The molecule has 0 saturated carbocycles. The quantitative estimate of drug-likeness (QED) is 0.807. The number of aliphatic hydroxyl groups is 1. The van der Waals surface area contributed by atoms with Crippen LogP contribution in [0, 0.1) is 0 Å². The molecule has 104 valence electrons. The number of likely N-dealkylation sites (N-methyl/N-ethyl adjacent to an activating group) is 1. The lowest BCUT2D eigenvalue weighted by atomic mass is 10.3. The fourth-order valence-electron chi connectivity index (χ4n) is 1.86. The Labute approximate surface area is 117 Å². The van der Waals surface area contributed by atoms with Gasteiger partial charge in [-0.2, -0.15) is 11.3 Å². The summed E-state index contributed by atoms with van der Waals surface area (Å²) in [7, 11) is 1.99. The lowest BCUT2D eigenvalue weighted by Crippen LogP contribution is -2.31. The maximum Gasteiger partial charge on any atom is 0.129 e. The van der Waals surface area contributed by atoms with E-state index in [1.54, 1.807) is 17.6 Å². The largest absolute Gasteiger partial charge is 0.467 e. The highest BCUT2D eigenvalue weighted by atomic mass is 32.1. The number of hydrogen-bond acceptors (Lipinski definition) is 5. The summed E-state index contributed by atoms with van der Waals surface area (Å²) in [5.74, 6) is 0.777. The summed E-state index contributed by atoms with van der Waals surface area (Å²) in [6.07, 6.45) is 1.13. The predicted molar refractivity (Wildman–Crippen MR) is 75.0 cm³/mol. The molecule has 0 saturated heterocycles. The molecule has 0 unspecified atom stereocenters. The second kappa shape index (κ2) is 7.45. The first-order valence-corrected chi connectivity index (χ1v) is 7.16. The van der Waals surface area contributed by atoms with E-state index in [0.29, 0.717) is 19.8 Å². The molecule has 2 aromatic heterocycles. The minimum Gasteiger partial charge on any atom is -0.467 e. The van der Waals surface area contributed by atoms with Crippen LogP contribution in [-0.4, -0.2) is 36.3 Å². The Balaban J connectivity index is 1.62. The Morgan fingerprint density at radius 2 is 2.37 bits per heavy atom. The van der Waals surface area contributed by atoms with Crippen LogP contribution in [0.25, 0.3) is 0 Å². The number of ether oxygens (including phenoxy) is 1. The van der Waals surface area contributed by atoms with Crippen molar-refractivity contribution in [1.29, 1.82) is 0 Å². The van der Waals surface area contributed by atoms with E-state index < -0.39 is 6.10 Å². The molecule has 2 aromatic rings. The van der Waals surface area contributed by atoms with Gasteiger partial charge in [0, 0.05) is 13.1 Å². The van der Waals surface area contributed by atoms with E-state index in [9.17, 15) is 5.11 Å². The van der Waals surface area contributed by atoms with Gasteiger partial charge >= 0.3 is 0 Å². The molecule has 0 spiro atoms. The first kappa shape index (κ1) is 14.3. The van der Waals surface area contributed by atoms with E-state index in [4.69, 9.17) is 9.15 Å². The number of aliphatic hydroxyl groups excluding tert-OH is 1. The molecule has 0 aliphatic heterocycles. The van der Waals surface area contributed by atoms with Crippen LogP contribution in [0.5, 0.6) is 0 Å². The Bertz CT molecular complexity index is 441. The molecule has 1 atom stereocenters. The number of hydrogen-bond donors (Lipinski definition) is 1. The molecule has 1 N–H and O–H groups in total. The summed E-state index contributed by atoms with van der Waals surface area (Å²) in [6, 6.07) is 5.78. The van der Waals surface area contributed by atoms with Crippen molar-refractivity contribution in [2.24, 2.45) is 0 Å². The van der Waals surface area contributed by atoms with Crippen molar-refractivity contribution < 1.29 is 14.3 Å². The zero-order valence-corrected chi connectivity index (χ0v) is 11.8. The number of furan rings is 1. The van der Waals surface area contributed by atoms with E-state index >= 15 is 0 Å². The summed E-state index contributed by atoms with van der Waals surface area (Å²) in [6.45, 7) is 2.15. The van der Waals surface area contributed by atoms with Crippen LogP contribution in [0.4, 0.5) is 0 Å². The standard InChI is InChI=1S/C14H19NO3S/c1-15(7-12-4-6-19-11-12)8-13(16)9-17-10-14-3-2-5-18-14/h2-6,11,13,16H,7-10H2,1H3/t13-/m0/s1. The van der Waals surface area contributed by atoms with Gasteiger partial charge in [0.05, 0.1) is 19.0 Å². The van der Waals surface area contributed by atoms with Crippen LogP contribution in [0.1, 0.15) is 11.3 Å². The predicted octanol–water partition coefficient (Wildman–Crippen LogP) is 2.35. The molecule has 0 aliphatic rings. The van der Waals surface area contributed by atoms with Gasteiger partial charge in [0.2, 0.25) is 0 Å². The third-order valence-electron chi connectivity index (χ3n) is 2.69. The van der Waals surface area contributed by atoms with E-state index in [2.05, 4.69) is 21.7 Å². The third kappa shape index (κ3) is 5.16. The number of nitrogens with zero attached hydrogens (tertiary/aromatic N) is 1. The summed E-state index contributed by atoms with van der Waals surface area (Å²) in [4.78, 5) is 2.09. The van der Waals surface area contributed by atoms with Crippen LogP contribution in [0.3, 0.4) is 0 Å². The molecule has 5 heteroatoms. The topological polar surface area (TPSA) is 45.8 Å². The van der Waals surface area contributed by atoms with E-state index in [0.717, 1.165) is 12.3 Å². The maximum atomic E-state index is 9.88. The molecule has 0 bridgehead atoms. The third-order valence-corrected chi connectivity index (χ3v) is 3.42. The fraction of sp³-hybridized carbons (Fsp3) is 0.429. The van der Waals surface area contributed by atoms with Crippen molar-refractivity contribution in [3.05, 3.63) is 46.5 Å². The molecule has 2 heterocycles. The minimum atomic E-state index is -0.487. The van der Waals surface area contributed by atoms with Crippen LogP contribution >= 0.6 is 11.3 Å². The monoisotopic (exact) mass is 281 g/mol. The fourth-order valence-corrected chi connectivity index (χ4v) is 2.52. The lowest BCUT2D eigenvalue weighted by molar-refractivity contribution is 0.00770. The molecule has 0 aromatic carbocycles. The van der Waals surface area contributed by atoms with Gasteiger partial charge in [-0.05, 0) is 41.6 Å². The second-order valence-corrected chi connectivity index (χ2v) is 5.36. The van der Waals surface area contributed by atoms with Crippen LogP contribution in [0.2, 0.25) is 0 Å². The average molecular weight is 281 g/mol. The molecule has 0 fully saturated rings. The van der Waals surface area contributed by atoms with Crippen molar-refractivity contribution in [2.75, 3.05) is 20.2 Å². The Morgan fingerprint density at radius 1 is 1.47 bits per heavy atom. The van der Waals surface area contributed by atoms with E-state index in [1.165, 1.54) is 5.56 Å². The van der Waals surface area contributed by atoms with Crippen molar-refractivity contribution in [3.8, 4) is 0 Å². The van der Waals surface area contributed by atoms with Crippen LogP contribution in [-0.2, 0) is 17.9 Å². The molecule has 0 radical (unpaired) electrons. The molecule has 0 aliphatic carbocycles. The molecular weight excluding hydrogens is 262 g/mol. The molecule has 19 heavy (non-hydrogen) atoms. The summed E-state index contributed by atoms with van der Waals surface area (Å²) in [5.41, 5.74) is 1.27. The maximum absolute atomic E-state index is 9.88. The number of thiophene rings is 1. The normalized spacial score (nSPS) is 13.0. The molecule has 4 nitrogen and oxygen atoms in total. The first-order valence-electron chi connectivity index (χ1n) is 6.22. The lowest BCUT2D eigenvalue weighted by Gasteiger charge is -2.19. The first-order chi connectivity index (χ1) is 9.24. The SMILES string of the molecule is CN(Cc1ccsc1)C[C@H](O)COCc1ccco1. The highest BCUT2D eigenvalue weighted by Gasteiger charge is 2.09. The Morgan fingerprint density at radius 3 is 3.05 bits per heavy atom.